The summed E-state index contributed by atoms with van der Waals surface area (Å²) in [7, 11) is -4.07. The van der Waals surface area contributed by atoms with E-state index in [0.29, 0.717) is 0 Å². The first-order valence-electron chi connectivity index (χ1n) is 6.31. The molecule has 0 aliphatic carbocycles. The number of aromatic nitrogens is 2. The first-order chi connectivity index (χ1) is 10.2. The van der Waals surface area contributed by atoms with E-state index in [4.69, 9.17) is 0 Å². The van der Waals surface area contributed by atoms with Gasteiger partial charge in [-0.05, 0) is 31.5 Å². The average molecular weight is 388 g/mol. The highest BCUT2D eigenvalue weighted by atomic mass is 79.9. The van der Waals surface area contributed by atoms with Crippen LogP contribution in [-0.2, 0) is 10.0 Å². The number of rotatable bonds is 4. The summed E-state index contributed by atoms with van der Waals surface area (Å²) < 4.78 is 28.0. The molecule has 1 aromatic carbocycles. The fourth-order valence-electron chi connectivity index (χ4n) is 2.02. The van der Waals surface area contributed by atoms with Crippen LogP contribution < -0.4 is 16.0 Å². The van der Waals surface area contributed by atoms with Crippen molar-refractivity contribution in [1.82, 2.24) is 14.7 Å². The predicted molar refractivity (Wildman–Crippen MR) is 85.3 cm³/mol. The second-order valence-electron chi connectivity index (χ2n) is 4.76. The standard InChI is InChI=1S/C13H14BrN3O4S/c1-7(9-3-5-10(14)6-4-9)17-22(20,21)11-8(2)15-13(19)16-12(11)18/h3-7,17H,1-2H3,(H2,15,16,18,19)/t7-/m1/s1. The zero-order valence-corrected chi connectivity index (χ0v) is 14.2. The third-order valence-corrected chi connectivity index (χ3v) is 5.27. The van der Waals surface area contributed by atoms with E-state index < -0.39 is 32.2 Å². The smallest absolute Gasteiger partial charge is 0.310 e. The molecule has 1 heterocycles. The van der Waals surface area contributed by atoms with Crippen LogP contribution in [0.3, 0.4) is 0 Å². The molecular weight excluding hydrogens is 374 g/mol. The molecule has 0 spiro atoms. The van der Waals surface area contributed by atoms with Crippen molar-refractivity contribution in [3.63, 3.8) is 0 Å². The van der Waals surface area contributed by atoms with Crippen molar-refractivity contribution >= 4 is 26.0 Å². The van der Waals surface area contributed by atoms with Crippen molar-refractivity contribution in [2.24, 2.45) is 0 Å². The molecule has 3 N–H and O–H groups in total. The molecule has 0 unspecified atom stereocenters. The molecule has 22 heavy (non-hydrogen) atoms. The number of hydrogen-bond donors (Lipinski definition) is 3. The number of sulfonamides is 1. The lowest BCUT2D eigenvalue weighted by molar-refractivity contribution is 0.563. The first kappa shape index (κ1) is 16.7. The molecule has 2 aromatic rings. The highest BCUT2D eigenvalue weighted by molar-refractivity contribution is 9.10. The lowest BCUT2D eigenvalue weighted by Crippen LogP contribution is -2.35. The van der Waals surface area contributed by atoms with E-state index in [2.05, 4.69) is 25.6 Å². The third-order valence-electron chi connectivity index (χ3n) is 3.05. The Bertz CT molecular complexity index is 900. The van der Waals surface area contributed by atoms with Gasteiger partial charge in [-0.15, -0.1) is 0 Å². The summed E-state index contributed by atoms with van der Waals surface area (Å²) in [6.45, 7) is 3.02. The van der Waals surface area contributed by atoms with Gasteiger partial charge in [-0.1, -0.05) is 28.1 Å². The van der Waals surface area contributed by atoms with Gasteiger partial charge in [0.15, 0.2) is 4.90 Å². The number of nitrogens with one attached hydrogen (secondary N) is 3. The molecule has 1 atom stereocenters. The van der Waals surface area contributed by atoms with Crippen molar-refractivity contribution in [3.05, 3.63) is 60.8 Å². The fourth-order valence-corrected chi connectivity index (χ4v) is 3.76. The van der Waals surface area contributed by atoms with E-state index in [0.717, 1.165) is 10.0 Å². The molecule has 118 valence electrons. The van der Waals surface area contributed by atoms with Crippen LogP contribution in [0.15, 0.2) is 43.2 Å². The summed E-state index contributed by atoms with van der Waals surface area (Å²) in [5.41, 5.74) is -0.964. The van der Waals surface area contributed by atoms with E-state index in [-0.39, 0.29) is 5.69 Å². The number of aryl methyl sites for hydroxylation is 1. The lowest BCUT2D eigenvalue weighted by atomic mass is 10.1. The van der Waals surface area contributed by atoms with Crippen LogP contribution in [0.5, 0.6) is 0 Å². The van der Waals surface area contributed by atoms with Gasteiger partial charge < -0.3 is 4.98 Å². The quantitative estimate of drug-likeness (QED) is 0.730. The number of aromatic amines is 2. The minimum Gasteiger partial charge on any atom is -0.310 e. The molecule has 0 bridgehead atoms. The molecule has 2 rings (SSSR count). The zero-order chi connectivity index (χ0) is 16.5. The molecular formula is C13H14BrN3O4S. The van der Waals surface area contributed by atoms with E-state index in [1.165, 1.54) is 6.92 Å². The van der Waals surface area contributed by atoms with Gasteiger partial charge in [0, 0.05) is 16.2 Å². The van der Waals surface area contributed by atoms with Gasteiger partial charge in [0.1, 0.15) is 0 Å². The second-order valence-corrected chi connectivity index (χ2v) is 7.32. The molecule has 0 aliphatic rings. The molecule has 0 saturated carbocycles. The van der Waals surface area contributed by atoms with Crippen LogP contribution in [0, 0.1) is 6.92 Å². The van der Waals surface area contributed by atoms with Crippen molar-refractivity contribution in [2.75, 3.05) is 0 Å². The number of benzene rings is 1. The van der Waals surface area contributed by atoms with E-state index in [1.807, 2.05) is 4.98 Å². The SMILES string of the molecule is Cc1[nH]c(=O)[nH]c(=O)c1S(=O)(=O)N[C@H](C)c1ccc(Br)cc1. The summed E-state index contributed by atoms with van der Waals surface area (Å²) in [4.78, 5) is 26.6. The summed E-state index contributed by atoms with van der Waals surface area (Å²) in [5.74, 6) is 0. The Kier molecular flexibility index (Phi) is 4.69. The molecule has 0 amide bonds. The maximum atomic E-state index is 12.4. The fraction of sp³-hybridized carbons (Fsp3) is 0.231. The van der Waals surface area contributed by atoms with Crippen molar-refractivity contribution in [3.8, 4) is 0 Å². The van der Waals surface area contributed by atoms with E-state index in [1.54, 1.807) is 31.2 Å². The Morgan fingerprint density at radius 3 is 2.27 bits per heavy atom. The van der Waals surface area contributed by atoms with Crippen LogP contribution in [0.4, 0.5) is 0 Å². The van der Waals surface area contributed by atoms with Crippen LogP contribution in [0.1, 0.15) is 24.2 Å². The summed E-state index contributed by atoms with van der Waals surface area (Å²) in [5, 5.41) is 0. The van der Waals surface area contributed by atoms with Crippen LogP contribution >= 0.6 is 15.9 Å². The third kappa shape index (κ3) is 3.54. The van der Waals surface area contributed by atoms with Crippen LogP contribution in [0.25, 0.3) is 0 Å². The molecule has 0 radical (unpaired) electrons. The lowest BCUT2D eigenvalue weighted by Gasteiger charge is -2.15. The normalized spacial score (nSPS) is 13.0. The number of halogens is 1. The molecule has 0 aliphatic heterocycles. The Hall–Kier alpha value is -1.71. The van der Waals surface area contributed by atoms with Crippen LogP contribution in [0.2, 0.25) is 0 Å². The van der Waals surface area contributed by atoms with Gasteiger partial charge in [-0.25, -0.2) is 17.9 Å². The maximum Gasteiger partial charge on any atom is 0.325 e. The van der Waals surface area contributed by atoms with Gasteiger partial charge in [0.2, 0.25) is 10.0 Å². The van der Waals surface area contributed by atoms with Crippen molar-refractivity contribution in [2.45, 2.75) is 24.8 Å². The summed E-state index contributed by atoms with van der Waals surface area (Å²) in [6, 6.07) is 6.57. The second kappa shape index (κ2) is 6.19. The minimum atomic E-state index is -4.07. The van der Waals surface area contributed by atoms with Gasteiger partial charge in [-0.3, -0.25) is 9.78 Å². The van der Waals surface area contributed by atoms with Crippen molar-refractivity contribution in [1.29, 1.82) is 0 Å². The molecule has 0 saturated heterocycles. The molecule has 1 aromatic heterocycles. The molecule has 7 nitrogen and oxygen atoms in total. The molecule has 9 heteroatoms. The molecule has 0 fully saturated rings. The first-order valence-corrected chi connectivity index (χ1v) is 8.59. The summed E-state index contributed by atoms with van der Waals surface area (Å²) in [6.07, 6.45) is 0. The topological polar surface area (TPSA) is 112 Å². The predicted octanol–water partition coefficient (Wildman–Crippen LogP) is 1.17. The summed E-state index contributed by atoms with van der Waals surface area (Å²) >= 11 is 3.30. The largest absolute Gasteiger partial charge is 0.325 e. The number of H-pyrrole nitrogens is 2. The number of hydrogen-bond acceptors (Lipinski definition) is 4. The maximum absolute atomic E-state index is 12.4. The van der Waals surface area contributed by atoms with Gasteiger partial charge in [-0.2, -0.15) is 0 Å². The Morgan fingerprint density at radius 1 is 1.14 bits per heavy atom. The highest BCUT2D eigenvalue weighted by Gasteiger charge is 2.24. The van der Waals surface area contributed by atoms with E-state index >= 15 is 0 Å². The van der Waals surface area contributed by atoms with Gasteiger partial charge in [0.05, 0.1) is 0 Å². The Balaban J connectivity index is 2.38. The zero-order valence-electron chi connectivity index (χ0n) is 11.8. The minimum absolute atomic E-state index is 0.00995. The Labute approximate surface area is 135 Å². The van der Waals surface area contributed by atoms with Gasteiger partial charge in [0.25, 0.3) is 5.56 Å². The highest BCUT2D eigenvalue weighted by Crippen LogP contribution is 2.18. The Morgan fingerprint density at radius 2 is 1.73 bits per heavy atom. The van der Waals surface area contributed by atoms with Gasteiger partial charge >= 0.3 is 5.69 Å². The monoisotopic (exact) mass is 387 g/mol. The van der Waals surface area contributed by atoms with Crippen LogP contribution in [-0.4, -0.2) is 18.4 Å². The van der Waals surface area contributed by atoms with Crippen molar-refractivity contribution < 1.29 is 8.42 Å². The average Bonchev–Trinajstić information content (AvgIpc) is 2.36. The van der Waals surface area contributed by atoms with E-state index in [9.17, 15) is 18.0 Å².